The van der Waals surface area contributed by atoms with E-state index in [4.69, 9.17) is 0 Å². The normalized spacial score (nSPS) is 11.4. The molecule has 0 unspecified atom stereocenters. The SMILES string of the molecule is C=Cc1ccc(CCCCCCS(=O)(=O)[O-])cc1. The molecule has 0 aliphatic carbocycles. The molecule has 0 atom stereocenters. The molecule has 1 aromatic carbocycles. The summed E-state index contributed by atoms with van der Waals surface area (Å²) in [5, 5.41) is 0. The van der Waals surface area contributed by atoms with E-state index in [0.29, 0.717) is 6.42 Å². The van der Waals surface area contributed by atoms with Gasteiger partial charge in [-0.1, -0.05) is 49.8 Å². The van der Waals surface area contributed by atoms with Crippen molar-refractivity contribution in [3.05, 3.63) is 42.0 Å². The van der Waals surface area contributed by atoms with Crippen LogP contribution in [-0.4, -0.2) is 18.7 Å². The van der Waals surface area contributed by atoms with Gasteiger partial charge in [-0.25, -0.2) is 8.42 Å². The molecule has 0 N–H and O–H groups in total. The topological polar surface area (TPSA) is 57.2 Å². The lowest BCUT2D eigenvalue weighted by atomic mass is 10.0. The molecule has 0 amide bonds. The molecule has 0 aromatic heterocycles. The largest absolute Gasteiger partial charge is 0.748 e. The monoisotopic (exact) mass is 267 g/mol. The highest BCUT2D eigenvalue weighted by atomic mass is 32.2. The number of hydrogen-bond acceptors (Lipinski definition) is 3. The van der Waals surface area contributed by atoms with Gasteiger partial charge in [0.05, 0.1) is 10.1 Å². The van der Waals surface area contributed by atoms with Gasteiger partial charge in [0.2, 0.25) is 0 Å². The van der Waals surface area contributed by atoms with Crippen molar-refractivity contribution in [2.45, 2.75) is 32.1 Å². The van der Waals surface area contributed by atoms with Crippen molar-refractivity contribution in [1.29, 1.82) is 0 Å². The van der Waals surface area contributed by atoms with Gasteiger partial charge >= 0.3 is 0 Å². The van der Waals surface area contributed by atoms with E-state index in [0.717, 1.165) is 31.2 Å². The Bertz CT molecular complexity index is 460. The summed E-state index contributed by atoms with van der Waals surface area (Å²) in [4.78, 5) is 0. The minimum Gasteiger partial charge on any atom is -0.748 e. The molecule has 0 aliphatic heterocycles. The van der Waals surface area contributed by atoms with Gasteiger partial charge in [0.1, 0.15) is 0 Å². The van der Waals surface area contributed by atoms with Crippen molar-refractivity contribution in [3.8, 4) is 0 Å². The van der Waals surface area contributed by atoms with Crippen LogP contribution in [0.15, 0.2) is 30.8 Å². The molecule has 0 bridgehead atoms. The van der Waals surface area contributed by atoms with Gasteiger partial charge in [0, 0.05) is 5.75 Å². The van der Waals surface area contributed by atoms with E-state index in [2.05, 4.69) is 18.7 Å². The summed E-state index contributed by atoms with van der Waals surface area (Å²) < 4.78 is 31.1. The lowest BCUT2D eigenvalue weighted by Crippen LogP contribution is -2.03. The molecule has 100 valence electrons. The van der Waals surface area contributed by atoms with Gasteiger partial charge in [0.25, 0.3) is 0 Å². The molecule has 0 heterocycles. The second-order valence-electron chi connectivity index (χ2n) is 4.37. The Balaban J connectivity index is 2.15. The maximum absolute atomic E-state index is 10.4. The summed E-state index contributed by atoms with van der Waals surface area (Å²) in [5.74, 6) is -0.235. The van der Waals surface area contributed by atoms with Crippen LogP contribution in [0.5, 0.6) is 0 Å². The Morgan fingerprint density at radius 2 is 1.67 bits per heavy atom. The molecule has 0 spiro atoms. The molecule has 3 nitrogen and oxygen atoms in total. The number of benzene rings is 1. The van der Waals surface area contributed by atoms with Gasteiger partial charge in [0.15, 0.2) is 0 Å². The molecule has 0 aliphatic rings. The summed E-state index contributed by atoms with van der Waals surface area (Å²) in [6.07, 6.45) is 6.05. The van der Waals surface area contributed by atoms with E-state index >= 15 is 0 Å². The van der Waals surface area contributed by atoms with Crippen molar-refractivity contribution in [1.82, 2.24) is 0 Å². The summed E-state index contributed by atoms with van der Waals surface area (Å²) in [6, 6.07) is 8.23. The Morgan fingerprint density at radius 1 is 1.06 bits per heavy atom. The van der Waals surface area contributed by atoms with Crippen molar-refractivity contribution >= 4 is 16.2 Å². The van der Waals surface area contributed by atoms with Crippen molar-refractivity contribution < 1.29 is 13.0 Å². The molecule has 18 heavy (non-hydrogen) atoms. The standard InChI is InChI=1S/C14H20O3S/c1-2-13-8-10-14(11-9-13)7-5-3-4-6-12-18(15,16)17/h2,8-11H,1,3-7,12H2,(H,15,16,17)/p-1. The van der Waals surface area contributed by atoms with Gasteiger partial charge < -0.3 is 4.55 Å². The lowest BCUT2D eigenvalue weighted by Gasteiger charge is -2.06. The van der Waals surface area contributed by atoms with Crippen molar-refractivity contribution in [3.63, 3.8) is 0 Å². The molecule has 0 radical (unpaired) electrons. The van der Waals surface area contributed by atoms with Gasteiger partial charge in [-0.05, 0) is 30.4 Å². The highest BCUT2D eigenvalue weighted by Crippen LogP contribution is 2.10. The third-order valence-corrected chi connectivity index (χ3v) is 3.61. The lowest BCUT2D eigenvalue weighted by molar-refractivity contribution is 0.459. The zero-order chi connectivity index (χ0) is 13.4. The van der Waals surface area contributed by atoms with Crippen LogP contribution in [0.4, 0.5) is 0 Å². The van der Waals surface area contributed by atoms with Crippen LogP contribution in [0.25, 0.3) is 6.08 Å². The predicted octanol–water partition coefficient (Wildman–Crippen LogP) is 2.98. The molecule has 0 saturated heterocycles. The van der Waals surface area contributed by atoms with Crippen LogP contribution in [0.3, 0.4) is 0 Å². The van der Waals surface area contributed by atoms with E-state index in [1.165, 1.54) is 5.56 Å². The van der Waals surface area contributed by atoms with E-state index in [1.807, 2.05) is 18.2 Å². The van der Waals surface area contributed by atoms with Crippen LogP contribution in [0.2, 0.25) is 0 Å². The van der Waals surface area contributed by atoms with Gasteiger partial charge in [-0.2, -0.15) is 0 Å². The van der Waals surface area contributed by atoms with Crippen LogP contribution < -0.4 is 0 Å². The minimum atomic E-state index is -4.03. The first-order valence-electron chi connectivity index (χ1n) is 6.16. The van der Waals surface area contributed by atoms with Crippen LogP contribution >= 0.6 is 0 Å². The number of unbranched alkanes of at least 4 members (excludes halogenated alkanes) is 3. The first-order valence-corrected chi connectivity index (χ1v) is 7.74. The zero-order valence-corrected chi connectivity index (χ0v) is 11.3. The fourth-order valence-electron chi connectivity index (χ4n) is 1.78. The van der Waals surface area contributed by atoms with Gasteiger partial charge in [-0.3, -0.25) is 0 Å². The highest BCUT2D eigenvalue weighted by Gasteiger charge is 1.97. The molecule has 1 rings (SSSR count). The Morgan fingerprint density at radius 3 is 2.22 bits per heavy atom. The second kappa shape index (κ2) is 7.34. The minimum absolute atomic E-state index is 0.235. The van der Waals surface area contributed by atoms with Gasteiger partial charge in [-0.15, -0.1) is 0 Å². The average molecular weight is 267 g/mol. The fourth-order valence-corrected chi connectivity index (χ4v) is 2.34. The molecular weight excluding hydrogens is 248 g/mol. The van der Waals surface area contributed by atoms with E-state index in [1.54, 1.807) is 0 Å². The maximum Gasteiger partial charge on any atom is 0.0945 e. The zero-order valence-electron chi connectivity index (χ0n) is 10.5. The summed E-state index contributed by atoms with van der Waals surface area (Å²) in [6.45, 7) is 3.70. The summed E-state index contributed by atoms with van der Waals surface area (Å²) >= 11 is 0. The maximum atomic E-state index is 10.4. The third-order valence-electron chi connectivity index (χ3n) is 2.83. The molecule has 0 fully saturated rings. The molecular formula is C14H19O3S-. The Hall–Kier alpha value is -1.13. The van der Waals surface area contributed by atoms with Crippen molar-refractivity contribution in [2.24, 2.45) is 0 Å². The predicted molar refractivity (Wildman–Crippen MR) is 73.3 cm³/mol. The number of aryl methyl sites for hydroxylation is 1. The fraction of sp³-hybridized carbons (Fsp3) is 0.429. The van der Waals surface area contributed by atoms with Crippen LogP contribution in [0, 0.1) is 0 Å². The first-order chi connectivity index (χ1) is 8.51. The van der Waals surface area contributed by atoms with Crippen LogP contribution in [0.1, 0.15) is 36.8 Å². The van der Waals surface area contributed by atoms with Crippen molar-refractivity contribution in [2.75, 3.05) is 5.75 Å². The summed E-state index contributed by atoms with van der Waals surface area (Å²) in [7, 11) is -4.03. The Kier molecular flexibility index (Phi) is 6.09. The second-order valence-corrected chi connectivity index (χ2v) is 5.90. The number of hydrogen-bond donors (Lipinski definition) is 0. The average Bonchev–Trinajstić information content (AvgIpc) is 2.33. The molecule has 1 aromatic rings. The smallest absolute Gasteiger partial charge is 0.0945 e. The van der Waals surface area contributed by atoms with E-state index in [9.17, 15) is 13.0 Å². The number of rotatable bonds is 8. The molecule has 4 heteroatoms. The first kappa shape index (κ1) is 14.9. The van der Waals surface area contributed by atoms with E-state index < -0.39 is 10.1 Å². The molecule has 0 saturated carbocycles. The third kappa shape index (κ3) is 6.57. The quantitative estimate of drug-likeness (QED) is 0.537. The van der Waals surface area contributed by atoms with Crippen LogP contribution in [-0.2, 0) is 16.5 Å². The summed E-state index contributed by atoms with van der Waals surface area (Å²) in [5.41, 5.74) is 2.39. The highest BCUT2D eigenvalue weighted by molar-refractivity contribution is 7.85. The Labute approximate surface area is 109 Å². The van der Waals surface area contributed by atoms with E-state index in [-0.39, 0.29) is 5.75 Å².